The molecular formula is C14H22O3. The molecule has 0 saturated carbocycles. The summed E-state index contributed by atoms with van der Waals surface area (Å²) in [7, 11) is 0. The largest absolute Gasteiger partial charge is 0.481 e. The van der Waals surface area contributed by atoms with E-state index in [0.717, 1.165) is 13.3 Å². The van der Waals surface area contributed by atoms with Gasteiger partial charge in [-0.05, 0) is 31.7 Å². The van der Waals surface area contributed by atoms with E-state index in [2.05, 4.69) is 19.1 Å². The lowest BCUT2D eigenvalue weighted by Crippen LogP contribution is -2.21. The monoisotopic (exact) mass is 238 g/mol. The van der Waals surface area contributed by atoms with Crippen molar-refractivity contribution >= 4 is 5.97 Å². The summed E-state index contributed by atoms with van der Waals surface area (Å²) < 4.78 is 0. The Kier molecular flexibility index (Phi) is 6.51. The minimum Gasteiger partial charge on any atom is -0.481 e. The maximum Gasteiger partial charge on any atom is 0.300 e. The van der Waals surface area contributed by atoms with Crippen LogP contribution in [-0.4, -0.2) is 21.8 Å². The van der Waals surface area contributed by atoms with Gasteiger partial charge in [0.2, 0.25) is 0 Å². The zero-order valence-electron chi connectivity index (χ0n) is 11.0. The van der Waals surface area contributed by atoms with E-state index in [1.807, 2.05) is 32.0 Å². The number of carbonyl (C=O) groups is 1. The van der Waals surface area contributed by atoms with Gasteiger partial charge in [0.25, 0.3) is 5.97 Å². The molecule has 0 bridgehead atoms. The van der Waals surface area contributed by atoms with Gasteiger partial charge in [-0.15, -0.1) is 0 Å². The molecule has 96 valence electrons. The second kappa shape index (κ2) is 7.07. The Labute approximate surface area is 103 Å². The third kappa shape index (κ3) is 9.57. The topological polar surface area (TPSA) is 57.5 Å². The molecule has 2 N–H and O–H groups in total. The van der Waals surface area contributed by atoms with E-state index in [1.54, 1.807) is 0 Å². The first-order chi connectivity index (χ1) is 7.72. The molecule has 0 spiro atoms. The molecule has 1 unspecified atom stereocenters. The van der Waals surface area contributed by atoms with Gasteiger partial charge < -0.3 is 10.2 Å². The van der Waals surface area contributed by atoms with E-state index in [-0.39, 0.29) is 0 Å². The van der Waals surface area contributed by atoms with Gasteiger partial charge in [-0.3, -0.25) is 4.79 Å². The Hall–Kier alpha value is -1.35. The van der Waals surface area contributed by atoms with Crippen molar-refractivity contribution < 1.29 is 15.0 Å². The predicted molar refractivity (Wildman–Crippen MR) is 69.1 cm³/mol. The van der Waals surface area contributed by atoms with Crippen molar-refractivity contribution in [2.75, 3.05) is 0 Å². The van der Waals surface area contributed by atoms with Gasteiger partial charge in [0, 0.05) is 6.92 Å². The molecule has 0 aliphatic heterocycles. The third-order valence-electron chi connectivity index (χ3n) is 2.17. The lowest BCUT2D eigenvalue weighted by Gasteiger charge is -2.22. The number of carboxylic acid groups (broad SMARTS) is 1. The molecule has 0 aromatic heterocycles. The zero-order valence-corrected chi connectivity index (χ0v) is 11.0. The minimum atomic E-state index is -0.833. The number of hydrogen-bond acceptors (Lipinski definition) is 2. The molecule has 1 aromatic carbocycles. The van der Waals surface area contributed by atoms with Crippen LogP contribution in [0.25, 0.3) is 0 Å². The fraction of sp³-hybridized carbons (Fsp3) is 0.500. The first-order valence-corrected chi connectivity index (χ1v) is 5.69. The van der Waals surface area contributed by atoms with Crippen LogP contribution in [0.5, 0.6) is 0 Å². The fourth-order valence-corrected chi connectivity index (χ4v) is 1.65. The minimum absolute atomic E-state index is 0.418. The molecule has 1 rings (SSSR count). The first kappa shape index (κ1) is 15.7. The summed E-state index contributed by atoms with van der Waals surface area (Å²) in [6.45, 7) is 6.94. The molecule has 0 amide bonds. The molecule has 0 aliphatic rings. The Balaban J connectivity index is 0.000000557. The van der Waals surface area contributed by atoms with E-state index in [4.69, 9.17) is 9.90 Å². The second-order valence-corrected chi connectivity index (χ2v) is 4.85. The van der Waals surface area contributed by atoms with Crippen molar-refractivity contribution in [3.63, 3.8) is 0 Å². The number of aliphatic hydroxyl groups is 1. The van der Waals surface area contributed by atoms with Crippen LogP contribution in [0.15, 0.2) is 30.3 Å². The zero-order chi connectivity index (χ0) is 13.5. The molecule has 0 radical (unpaired) electrons. The van der Waals surface area contributed by atoms with Gasteiger partial charge in [-0.25, -0.2) is 0 Å². The normalized spacial score (nSPS) is 12.3. The van der Waals surface area contributed by atoms with Crippen LogP contribution in [0.4, 0.5) is 0 Å². The van der Waals surface area contributed by atoms with Crippen molar-refractivity contribution in [1.29, 1.82) is 0 Å². The van der Waals surface area contributed by atoms with Crippen LogP contribution in [0.3, 0.4) is 0 Å². The summed E-state index contributed by atoms with van der Waals surface area (Å²) in [4.78, 5) is 9.00. The summed E-state index contributed by atoms with van der Waals surface area (Å²) in [6.07, 6.45) is 0.803. The number of hydrogen-bond donors (Lipinski definition) is 2. The molecule has 3 heteroatoms. The number of carboxylic acids is 1. The van der Waals surface area contributed by atoms with Gasteiger partial charge in [0.1, 0.15) is 0 Å². The maximum absolute atomic E-state index is 9.65. The number of aliphatic carboxylic acids is 1. The Morgan fingerprint density at radius 3 is 2.06 bits per heavy atom. The number of benzene rings is 1. The van der Waals surface area contributed by atoms with Crippen molar-refractivity contribution in [2.24, 2.45) is 0 Å². The summed E-state index contributed by atoms with van der Waals surface area (Å²) >= 11 is 0. The molecule has 1 atom stereocenters. The van der Waals surface area contributed by atoms with E-state index < -0.39 is 11.6 Å². The molecule has 17 heavy (non-hydrogen) atoms. The SMILES string of the molecule is CC(=O)O.CC(CC(C)(C)O)c1ccccc1. The van der Waals surface area contributed by atoms with Crippen molar-refractivity contribution in [1.82, 2.24) is 0 Å². The molecule has 0 heterocycles. The first-order valence-electron chi connectivity index (χ1n) is 5.69. The highest BCUT2D eigenvalue weighted by atomic mass is 16.4. The highest BCUT2D eigenvalue weighted by Crippen LogP contribution is 2.24. The Morgan fingerprint density at radius 1 is 1.29 bits per heavy atom. The fourth-order valence-electron chi connectivity index (χ4n) is 1.65. The predicted octanol–water partition coefficient (Wildman–Crippen LogP) is 3.04. The van der Waals surface area contributed by atoms with Gasteiger partial charge in [0.15, 0.2) is 0 Å². The van der Waals surface area contributed by atoms with Crippen LogP contribution in [0.2, 0.25) is 0 Å². The van der Waals surface area contributed by atoms with Gasteiger partial charge >= 0.3 is 0 Å². The molecular weight excluding hydrogens is 216 g/mol. The van der Waals surface area contributed by atoms with Crippen LogP contribution < -0.4 is 0 Å². The molecule has 0 aliphatic carbocycles. The second-order valence-electron chi connectivity index (χ2n) is 4.85. The van der Waals surface area contributed by atoms with Gasteiger partial charge in [-0.1, -0.05) is 37.3 Å². The van der Waals surface area contributed by atoms with Crippen LogP contribution in [0, 0.1) is 0 Å². The highest BCUT2D eigenvalue weighted by molar-refractivity contribution is 5.62. The summed E-state index contributed by atoms with van der Waals surface area (Å²) in [5, 5.41) is 17.1. The summed E-state index contributed by atoms with van der Waals surface area (Å²) in [5.74, 6) is -0.416. The molecule has 0 fully saturated rings. The molecule has 3 nitrogen and oxygen atoms in total. The quantitative estimate of drug-likeness (QED) is 0.851. The van der Waals surface area contributed by atoms with Crippen LogP contribution in [0.1, 0.15) is 45.6 Å². The lowest BCUT2D eigenvalue weighted by atomic mass is 9.89. The molecule has 0 saturated heterocycles. The van der Waals surface area contributed by atoms with Crippen molar-refractivity contribution in [3.8, 4) is 0 Å². The average molecular weight is 238 g/mol. The van der Waals surface area contributed by atoms with Crippen LogP contribution in [-0.2, 0) is 4.79 Å². The molecule has 1 aromatic rings. The summed E-state index contributed by atoms with van der Waals surface area (Å²) in [6, 6.07) is 10.3. The van der Waals surface area contributed by atoms with E-state index in [0.29, 0.717) is 5.92 Å². The average Bonchev–Trinajstić information content (AvgIpc) is 2.15. The standard InChI is InChI=1S/C12H18O.C2H4O2/c1-10(9-12(2,3)13)11-7-5-4-6-8-11;1-2(3)4/h4-8,10,13H,9H2,1-3H3;1H3,(H,3,4). The van der Waals surface area contributed by atoms with Crippen LogP contribution >= 0.6 is 0 Å². The highest BCUT2D eigenvalue weighted by Gasteiger charge is 2.17. The Morgan fingerprint density at radius 2 is 1.71 bits per heavy atom. The number of rotatable bonds is 3. The lowest BCUT2D eigenvalue weighted by molar-refractivity contribution is -0.134. The third-order valence-corrected chi connectivity index (χ3v) is 2.17. The van der Waals surface area contributed by atoms with Crippen molar-refractivity contribution in [2.45, 2.75) is 45.6 Å². The maximum atomic E-state index is 9.65. The smallest absolute Gasteiger partial charge is 0.300 e. The Bertz CT molecular complexity index is 321. The van der Waals surface area contributed by atoms with E-state index in [9.17, 15) is 5.11 Å². The summed E-state index contributed by atoms with van der Waals surface area (Å²) in [5.41, 5.74) is 0.722. The van der Waals surface area contributed by atoms with Gasteiger partial charge in [-0.2, -0.15) is 0 Å². The van der Waals surface area contributed by atoms with E-state index >= 15 is 0 Å². The van der Waals surface area contributed by atoms with Gasteiger partial charge in [0.05, 0.1) is 5.60 Å². The van der Waals surface area contributed by atoms with Crippen molar-refractivity contribution in [3.05, 3.63) is 35.9 Å². The van der Waals surface area contributed by atoms with E-state index in [1.165, 1.54) is 5.56 Å².